The fourth-order valence-corrected chi connectivity index (χ4v) is 1.90. The number of nitrogens with zero attached hydrogens (tertiary/aromatic N) is 2. The number of nitrogens with two attached hydrogens (primary N) is 1. The number of hydrogen-bond donors (Lipinski definition) is 2. The number of anilines is 1. The Labute approximate surface area is 89.7 Å². The highest BCUT2D eigenvalue weighted by atomic mass is 16.3. The summed E-state index contributed by atoms with van der Waals surface area (Å²) in [4.78, 5) is 6.50. The first-order valence-corrected chi connectivity index (χ1v) is 5.38. The molecule has 1 aromatic heterocycles. The number of rotatable bonds is 3. The summed E-state index contributed by atoms with van der Waals surface area (Å²) < 4.78 is 0. The van der Waals surface area contributed by atoms with Gasteiger partial charge in [-0.15, -0.1) is 0 Å². The molecular weight excluding hydrogens is 190 g/mol. The molecular formula is C11H17N3O. The lowest BCUT2D eigenvalue weighted by molar-refractivity contribution is 0.266. The Balaban J connectivity index is 2.18. The molecule has 1 aliphatic heterocycles. The van der Waals surface area contributed by atoms with Crippen molar-refractivity contribution in [2.24, 2.45) is 5.73 Å². The van der Waals surface area contributed by atoms with Crippen molar-refractivity contribution < 1.29 is 5.11 Å². The third-order valence-electron chi connectivity index (χ3n) is 2.81. The van der Waals surface area contributed by atoms with E-state index in [4.69, 9.17) is 10.8 Å². The van der Waals surface area contributed by atoms with Gasteiger partial charge in [-0.05, 0) is 25.0 Å². The van der Waals surface area contributed by atoms with E-state index in [1.54, 1.807) is 6.20 Å². The molecule has 0 radical (unpaired) electrons. The predicted octanol–water partition coefficient (Wildman–Crippen LogP) is 0.674. The minimum absolute atomic E-state index is 0.0591. The molecule has 1 saturated heterocycles. The zero-order valence-corrected chi connectivity index (χ0v) is 8.76. The van der Waals surface area contributed by atoms with Crippen molar-refractivity contribution in [3.8, 4) is 0 Å². The third-order valence-corrected chi connectivity index (χ3v) is 2.81. The molecule has 0 bridgehead atoms. The van der Waals surface area contributed by atoms with Gasteiger partial charge in [0.15, 0.2) is 0 Å². The van der Waals surface area contributed by atoms with Gasteiger partial charge in [-0.25, -0.2) is 0 Å². The fourth-order valence-electron chi connectivity index (χ4n) is 1.90. The number of aromatic nitrogens is 1. The van der Waals surface area contributed by atoms with E-state index in [2.05, 4.69) is 9.88 Å². The van der Waals surface area contributed by atoms with Gasteiger partial charge in [-0.2, -0.15) is 0 Å². The molecule has 2 rings (SSSR count). The van der Waals surface area contributed by atoms with E-state index in [0.29, 0.717) is 0 Å². The Morgan fingerprint density at radius 1 is 1.47 bits per heavy atom. The molecule has 3 N–H and O–H groups in total. The zero-order valence-electron chi connectivity index (χ0n) is 8.76. The van der Waals surface area contributed by atoms with Crippen LogP contribution in [-0.2, 0) is 0 Å². The van der Waals surface area contributed by atoms with E-state index in [1.165, 1.54) is 18.5 Å². The lowest BCUT2D eigenvalue weighted by Gasteiger charge is -2.18. The highest BCUT2D eigenvalue weighted by molar-refractivity contribution is 5.47. The van der Waals surface area contributed by atoms with Crippen LogP contribution in [0.4, 0.5) is 5.69 Å². The van der Waals surface area contributed by atoms with E-state index < -0.39 is 0 Å². The van der Waals surface area contributed by atoms with Crippen LogP contribution in [0.1, 0.15) is 24.6 Å². The highest BCUT2D eigenvalue weighted by Gasteiger charge is 2.14. The monoisotopic (exact) mass is 207 g/mol. The van der Waals surface area contributed by atoms with Crippen LogP contribution in [-0.4, -0.2) is 29.8 Å². The van der Waals surface area contributed by atoms with E-state index in [9.17, 15) is 0 Å². The van der Waals surface area contributed by atoms with Gasteiger partial charge in [0.2, 0.25) is 0 Å². The molecule has 1 atom stereocenters. The molecule has 0 unspecified atom stereocenters. The van der Waals surface area contributed by atoms with E-state index in [-0.39, 0.29) is 12.6 Å². The van der Waals surface area contributed by atoms with Gasteiger partial charge >= 0.3 is 0 Å². The summed E-state index contributed by atoms with van der Waals surface area (Å²) in [5.74, 6) is 0. The average molecular weight is 207 g/mol. The van der Waals surface area contributed by atoms with E-state index in [0.717, 1.165) is 18.8 Å². The summed E-state index contributed by atoms with van der Waals surface area (Å²) in [5.41, 5.74) is 7.66. The van der Waals surface area contributed by atoms with Gasteiger partial charge in [0.1, 0.15) is 0 Å². The largest absolute Gasteiger partial charge is 0.394 e. The molecule has 82 valence electrons. The van der Waals surface area contributed by atoms with Crippen LogP contribution in [0.3, 0.4) is 0 Å². The van der Waals surface area contributed by atoms with Crippen LogP contribution in [0, 0.1) is 0 Å². The van der Waals surface area contributed by atoms with Gasteiger partial charge in [-0.3, -0.25) is 4.98 Å². The van der Waals surface area contributed by atoms with Crippen molar-refractivity contribution in [1.29, 1.82) is 0 Å². The van der Waals surface area contributed by atoms with Gasteiger partial charge in [-0.1, -0.05) is 0 Å². The molecule has 1 fully saturated rings. The van der Waals surface area contributed by atoms with Gasteiger partial charge < -0.3 is 15.7 Å². The Morgan fingerprint density at radius 2 is 2.20 bits per heavy atom. The predicted molar refractivity (Wildman–Crippen MR) is 59.7 cm³/mol. The Kier molecular flexibility index (Phi) is 3.18. The minimum Gasteiger partial charge on any atom is -0.394 e. The van der Waals surface area contributed by atoms with Crippen molar-refractivity contribution in [1.82, 2.24) is 4.98 Å². The summed E-state index contributed by atoms with van der Waals surface area (Å²) in [6.07, 6.45) is 4.27. The maximum atomic E-state index is 8.97. The van der Waals surface area contributed by atoms with E-state index in [1.807, 2.05) is 12.1 Å². The lowest BCUT2D eigenvalue weighted by Crippen LogP contribution is -2.20. The van der Waals surface area contributed by atoms with Crippen molar-refractivity contribution >= 4 is 5.69 Å². The lowest BCUT2D eigenvalue weighted by atomic mass is 10.2. The van der Waals surface area contributed by atoms with Crippen LogP contribution in [0.2, 0.25) is 0 Å². The first kappa shape index (κ1) is 10.4. The number of aliphatic hydroxyl groups is 1. The number of hydrogen-bond acceptors (Lipinski definition) is 4. The molecule has 0 saturated carbocycles. The van der Waals surface area contributed by atoms with E-state index >= 15 is 0 Å². The topological polar surface area (TPSA) is 62.4 Å². The van der Waals surface area contributed by atoms with Gasteiger partial charge in [0.05, 0.1) is 18.3 Å². The molecule has 15 heavy (non-hydrogen) atoms. The molecule has 4 heteroatoms. The second kappa shape index (κ2) is 4.59. The SMILES string of the molecule is N[C@@H](CO)c1cc(N2CCCC2)ccn1. The number of aliphatic hydroxyl groups excluding tert-OH is 1. The average Bonchev–Trinajstić information content (AvgIpc) is 2.82. The van der Waals surface area contributed by atoms with Crippen LogP contribution < -0.4 is 10.6 Å². The van der Waals surface area contributed by atoms with Crippen LogP contribution in [0.15, 0.2) is 18.3 Å². The van der Waals surface area contributed by atoms with Crippen LogP contribution >= 0.6 is 0 Å². The molecule has 0 amide bonds. The summed E-state index contributed by atoms with van der Waals surface area (Å²) >= 11 is 0. The maximum absolute atomic E-state index is 8.97. The molecule has 0 aromatic carbocycles. The molecule has 2 heterocycles. The first-order valence-electron chi connectivity index (χ1n) is 5.38. The quantitative estimate of drug-likeness (QED) is 0.765. The first-order chi connectivity index (χ1) is 7.31. The highest BCUT2D eigenvalue weighted by Crippen LogP contribution is 2.21. The molecule has 1 aliphatic rings. The molecule has 0 aliphatic carbocycles. The van der Waals surface area contributed by atoms with Crippen LogP contribution in [0.25, 0.3) is 0 Å². The smallest absolute Gasteiger partial charge is 0.0705 e. The summed E-state index contributed by atoms with van der Waals surface area (Å²) in [7, 11) is 0. The van der Waals surface area contributed by atoms with Crippen molar-refractivity contribution in [2.75, 3.05) is 24.6 Å². The fraction of sp³-hybridized carbons (Fsp3) is 0.545. The van der Waals surface area contributed by atoms with Crippen LogP contribution in [0.5, 0.6) is 0 Å². The summed E-state index contributed by atoms with van der Waals surface area (Å²) in [6, 6.07) is 3.61. The Morgan fingerprint density at radius 3 is 2.87 bits per heavy atom. The minimum atomic E-state index is -0.368. The van der Waals surface area contributed by atoms with Gasteiger partial charge in [0, 0.05) is 25.0 Å². The van der Waals surface area contributed by atoms with Gasteiger partial charge in [0.25, 0.3) is 0 Å². The second-order valence-electron chi connectivity index (χ2n) is 3.92. The van der Waals surface area contributed by atoms with Crippen molar-refractivity contribution in [3.05, 3.63) is 24.0 Å². The molecule has 1 aromatic rings. The maximum Gasteiger partial charge on any atom is 0.0705 e. The van der Waals surface area contributed by atoms with Crippen molar-refractivity contribution in [2.45, 2.75) is 18.9 Å². The summed E-state index contributed by atoms with van der Waals surface area (Å²) in [6.45, 7) is 2.16. The standard InChI is InChI=1S/C11H17N3O/c12-10(8-15)11-7-9(3-4-13-11)14-5-1-2-6-14/h3-4,7,10,15H,1-2,5-6,8,12H2/t10-/m0/s1. The molecule has 4 nitrogen and oxygen atoms in total. The molecule has 0 spiro atoms. The number of pyridine rings is 1. The summed E-state index contributed by atoms with van der Waals surface area (Å²) in [5, 5.41) is 8.97. The zero-order chi connectivity index (χ0) is 10.7. The second-order valence-corrected chi connectivity index (χ2v) is 3.92. The Hall–Kier alpha value is -1.13. The van der Waals surface area contributed by atoms with Crippen molar-refractivity contribution in [3.63, 3.8) is 0 Å². The normalized spacial score (nSPS) is 18.1. The third kappa shape index (κ3) is 2.27. The Bertz CT molecular complexity index is 323.